The third-order valence-electron chi connectivity index (χ3n) is 6.69. The van der Waals surface area contributed by atoms with Crippen molar-refractivity contribution >= 4 is 11.9 Å². The van der Waals surface area contributed by atoms with Crippen LogP contribution in [-0.4, -0.2) is 70.5 Å². The van der Waals surface area contributed by atoms with Gasteiger partial charge in [0.05, 0.1) is 35.6 Å². The molecule has 180 valence electrons. The summed E-state index contributed by atoms with van der Waals surface area (Å²) in [7, 11) is 1.85. The highest BCUT2D eigenvalue weighted by Gasteiger charge is 2.29. The normalized spacial score (nSPS) is 20.6. The Morgan fingerprint density at radius 1 is 1.15 bits per heavy atom. The van der Waals surface area contributed by atoms with Crippen LogP contribution in [0.15, 0.2) is 12.1 Å². The number of carbonyl (C=O) groups is 1. The van der Waals surface area contributed by atoms with Gasteiger partial charge in [0.25, 0.3) is 0 Å². The average Bonchev–Trinajstić information content (AvgIpc) is 3.58. The van der Waals surface area contributed by atoms with Gasteiger partial charge < -0.3 is 14.7 Å². The molecule has 3 aromatic rings. The van der Waals surface area contributed by atoms with Crippen LogP contribution in [0.25, 0.3) is 11.4 Å². The van der Waals surface area contributed by atoms with Crippen LogP contribution in [0.2, 0.25) is 0 Å². The Kier molecular flexibility index (Phi) is 6.12. The molecule has 1 saturated heterocycles. The van der Waals surface area contributed by atoms with Crippen LogP contribution in [0.5, 0.6) is 5.75 Å². The van der Waals surface area contributed by atoms with Gasteiger partial charge in [0, 0.05) is 20.1 Å². The molecule has 34 heavy (non-hydrogen) atoms. The lowest BCUT2D eigenvalue weighted by molar-refractivity contribution is -0.143. The minimum atomic E-state index is -0.746. The maximum absolute atomic E-state index is 11.4. The summed E-state index contributed by atoms with van der Waals surface area (Å²) < 4.78 is 9.65. The molecular formula is C22H29N9O3. The molecule has 4 heterocycles. The molecule has 1 aliphatic carbocycles. The van der Waals surface area contributed by atoms with E-state index in [0.717, 1.165) is 56.1 Å². The molecule has 1 N–H and O–H groups in total. The van der Waals surface area contributed by atoms with E-state index in [2.05, 4.69) is 30.7 Å². The van der Waals surface area contributed by atoms with Gasteiger partial charge in [-0.1, -0.05) is 10.3 Å². The molecule has 0 bridgehead atoms. The summed E-state index contributed by atoms with van der Waals surface area (Å²) in [5.41, 5.74) is 2.94. The molecule has 0 radical (unpaired) electrons. The molecule has 5 rings (SSSR count). The minimum absolute atomic E-state index is 0.114. The number of carboxylic acid groups (broad SMARTS) is 1. The Bertz CT molecular complexity index is 1170. The highest BCUT2D eigenvalue weighted by molar-refractivity contribution is 5.70. The summed E-state index contributed by atoms with van der Waals surface area (Å²) in [5, 5.41) is 30.2. The molecular weight excluding hydrogens is 438 g/mol. The Morgan fingerprint density at radius 2 is 1.97 bits per heavy atom. The van der Waals surface area contributed by atoms with Crippen molar-refractivity contribution in [2.45, 2.75) is 58.1 Å². The number of rotatable bonds is 7. The van der Waals surface area contributed by atoms with Crippen molar-refractivity contribution in [3.8, 4) is 17.1 Å². The lowest BCUT2D eigenvalue weighted by Crippen LogP contribution is -2.29. The van der Waals surface area contributed by atoms with Crippen molar-refractivity contribution in [2.75, 3.05) is 18.0 Å². The minimum Gasteiger partial charge on any atom is -0.489 e. The summed E-state index contributed by atoms with van der Waals surface area (Å²) in [6.07, 6.45) is 5.10. The van der Waals surface area contributed by atoms with Gasteiger partial charge in [-0.15, -0.1) is 5.10 Å². The quantitative estimate of drug-likeness (QED) is 0.548. The topological polar surface area (TPSA) is 137 Å². The summed E-state index contributed by atoms with van der Waals surface area (Å²) >= 11 is 0. The molecule has 0 spiro atoms. The highest BCUT2D eigenvalue weighted by Crippen LogP contribution is 2.30. The van der Waals surface area contributed by atoms with Gasteiger partial charge >= 0.3 is 5.97 Å². The number of carboxylic acids is 1. The molecule has 0 amide bonds. The van der Waals surface area contributed by atoms with Crippen molar-refractivity contribution in [1.82, 2.24) is 40.2 Å². The second-order valence-corrected chi connectivity index (χ2v) is 9.06. The molecule has 0 unspecified atom stereocenters. The van der Waals surface area contributed by atoms with Crippen molar-refractivity contribution in [3.05, 3.63) is 23.5 Å². The van der Waals surface area contributed by atoms with Crippen molar-refractivity contribution < 1.29 is 14.6 Å². The van der Waals surface area contributed by atoms with Gasteiger partial charge in [-0.2, -0.15) is 0 Å². The molecule has 2 fully saturated rings. The van der Waals surface area contributed by atoms with Crippen molar-refractivity contribution in [3.63, 3.8) is 0 Å². The molecule has 1 aliphatic heterocycles. The molecule has 2 aliphatic rings. The Labute approximate surface area is 196 Å². The Hall–Kier alpha value is -3.57. The number of aromatic nitrogens is 8. The van der Waals surface area contributed by atoms with Gasteiger partial charge in [0.1, 0.15) is 11.4 Å². The molecule has 12 nitrogen and oxygen atoms in total. The summed E-state index contributed by atoms with van der Waals surface area (Å²) in [4.78, 5) is 18.3. The van der Waals surface area contributed by atoms with Gasteiger partial charge in [0.15, 0.2) is 0 Å². The van der Waals surface area contributed by atoms with Crippen LogP contribution in [0, 0.1) is 12.8 Å². The number of nitrogens with zero attached hydrogens (tertiary/aromatic N) is 9. The van der Waals surface area contributed by atoms with Crippen LogP contribution in [0.3, 0.4) is 0 Å². The van der Waals surface area contributed by atoms with Gasteiger partial charge in [-0.05, 0) is 68.0 Å². The van der Waals surface area contributed by atoms with Gasteiger partial charge in [-0.3, -0.25) is 4.79 Å². The molecule has 2 atom stereocenters. The van der Waals surface area contributed by atoms with Gasteiger partial charge in [-0.25, -0.2) is 14.3 Å². The highest BCUT2D eigenvalue weighted by atomic mass is 16.5. The smallest absolute Gasteiger partial charge is 0.306 e. The van der Waals surface area contributed by atoms with Crippen LogP contribution < -0.4 is 9.64 Å². The number of tetrazole rings is 1. The fourth-order valence-corrected chi connectivity index (χ4v) is 4.80. The fraction of sp³-hybridized carbons (Fsp3) is 0.591. The number of hydrogen-bond acceptors (Lipinski definition) is 9. The number of pyridine rings is 1. The Morgan fingerprint density at radius 3 is 2.74 bits per heavy atom. The second kappa shape index (κ2) is 9.35. The number of aryl methyl sites for hydroxylation is 2. The number of aliphatic carboxylic acids is 1. The summed E-state index contributed by atoms with van der Waals surface area (Å²) in [5.74, 6) is 0.334. The number of anilines is 1. The summed E-state index contributed by atoms with van der Waals surface area (Å²) in [6, 6.07) is 3.75. The van der Waals surface area contributed by atoms with Crippen LogP contribution in [0.4, 0.5) is 5.95 Å². The fourth-order valence-electron chi connectivity index (χ4n) is 4.80. The SMILES string of the molecule is Cc1nc(-c2nnn(C)c2Cn2nnnc2N2CCCC2)ccc1O[C@H]1CCC[C@H](C(=O)O)C1. The molecule has 0 aromatic carbocycles. The van der Waals surface area contributed by atoms with E-state index in [1.807, 2.05) is 26.1 Å². The predicted octanol–water partition coefficient (Wildman–Crippen LogP) is 1.84. The zero-order valence-corrected chi connectivity index (χ0v) is 19.5. The third kappa shape index (κ3) is 4.44. The lowest BCUT2D eigenvalue weighted by Gasteiger charge is -2.27. The molecule has 1 saturated carbocycles. The van der Waals surface area contributed by atoms with E-state index in [9.17, 15) is 9.90 Å². The van der Waals surface area contributed by atoms with E-state index in [-0.39, 0.29) is 12.0 Å². The third-order valence-corrected chi connectivity index (χ3v) is 6.69. The largest absolute Gasteiger partial charge is 0.489 e. The van der Waals surface area contributed by atoms with Crippen LogP contribution >= 0.6 is 0 Å². The molecule has 12 heteroatoms. The lowest BCUT2D eigenvalue weighted by atomic mass is 9.87. The maximum atomic E-state index is 11.4. The zero-order chi connectivity index (χ0) is 23.7. The first-order valence-corrected chi connectivity index (χ1v) is 11.8. The maximum Gasteiger partial charge on any atom is 0.306 e. The predicted molar refractivity (Wildman–Crippen MR) is 121 cm³/mol. The van der Waals surface area contributed by atoms with Crippen molar-refractivity contribution in [2.24, 2.45) is 13.0 Å². The Balaban J connectivity index is 1.35. The average molecular weight is 468 g/mol. The first-order valence-electron chi connectivity index (χ1n) is 11.8. The van der Waals surface area contributed by atoms with E-state index in [1.54, 1.807) is 9.36 Å². The molecule has 3 aromatic heterocycles. The zero-order valence-electron chi connectivity index (χ0n) is 19.5. The van der Waals surface area contributed by atoms with E-state index < -0.39 is 5.97 Å². The number of hydrogen-bond donors (Lipinski definition) is 1. The first-order chi connectivity index (χ1) is 16.5. The van der Waals surface area contributed by atoms with E-state index >= 15 is 0 Å². The van der Waals surface area contributed by atoms with Crippen LogP contribution in [0.1, 0.15) is 49.9 Å². The summed E-state index contributed by atoms with van der Waals surface area (Å²) in [6.45, 7) is 4.22. The second-order valence-electron chi connectivity index (χ2n) is 9.06. The van der Waals surface area contributed by atoms with Crippen LogP contribution in [-0.2, 0) is 18.4 Å². The van der Waals surface area contributed by atoms with E-state index in [1.165, 1.54) is 0 Å². The monoisotopic (exact) mass is 467 g/mol. The van der Waals surface area contributed by atoms with E-state index in [4.69, 9.17) is 9.72 Å². The standard InChI is InChI=1S/C22H29N9O3/c1-14-19(34-16-7-5-6-15(12-16)21(32)33)9-8-17(23-14)20-18(29(2)27-24-20)13-31-22(25-26-28-31)30-10-3-4-11-30/h8-9,15-16H,3-7,10-13H2,1-2H3,(H,32,33)/t15-,16-/m0/s1. The van der Waals surface area contributed by atoms with Crippen molar-refractivity contribution in [1.29, 1.82) is 0 Å². The number of ether oxygens (including phenoxy) is 1. The first kappa shape index (κ1) is 22.2. The van der Waals surface area contributed by atoms with Gasteiger partial charge in [0.2, 0.25) is 5.95 Å². The van der Waals surface area contributed by atoms with E-state index in [0.29, 0.717) is 36.5 Å².